The van der Waals surface area contributed by atoms with Gasteiger partial charge >= 0.3 is 0 Å². The molecule has 2 rings (SSSR count). The van der Waals surface area contributed by atoms with Gasteiger partial charge in [0.1, 0.15) is 0 Å². The molecule has 86 valence electrons. The van der Waals surface area contributed by atoms with Gasteiger partial charge in [0.25, 0.3) is 5.91 Å². The standard InChI is InChI=1S/C13H13N3O/c1-2-8-14-13(17)11-9-15-16-12(11)10-6-4-3-5-7-10/h2-7,9H,1,8H2,(H,14,17)(H,15,16). The molecule has 0 aliphatic rings. The van der Waals surface area contributed by atoms with Gasteiger partial charge in [-0.3, -0.25) is 9.89 Å². The molecular weight excluding hydrogens is 214 g/mol. The average Bonchev–Trinajstić information content (AvgIpc) is 2.86. The molecule has 2 N–H and O–H groups in total. The first-order chi connectivity index (χ1) is 8.33. The fraction of sp³-hybridized carbons (Fsp3) is 0.0769. The molecule has 1 amide bonds. The van der Waals surface area contributed by atoms with Crippen LogP contribution in [-0.2, 0) is 0 Å². The van der Waals surface area contributed by atoms with Gasteiger partial charge in [0.2, 0.25) is 0 Å². The zero-order valence-corrected chi connectivity index (χ0v) is 9.31. The average molecular weight is 227 g/mol. The summed E-state index contributed by atoms with van der Waals surface area (Å²) in [5.41, 5.74) is 2.21. The highest BCUT2D eigenvalue weighted by Crippen LogP contribution is 2.20. The van der Waals surface area contributed by atoms with Gasteiger partial charge in [-0.15, -0.1) is 6.58 Å². The molecule has 0 atom stereocenters. The Labute approximate surface area is 99.4 Å². The van der Waals surface area contributed by atoms with E-state index in [4.69, 9.17) is 0 Å². The van der Waals surface area contributed by atoms with Crippen LogP contribution in [0, 0.1) is 0 Å². The van der Waals surface area contributed by atoms with Gasteiger partial charge in [0, 0.05) is 12.1 Å². The maximum Gasteiger partial charge on any atom is 0.255 e. The molecule has 1 aromatic carbocycles. The molecule has 0 fully saturated rings. The van der Waals surface area contributed by atoms with Crippen molar-refractivity contribution in [1.29, 1.82) is 0 Å². The minimum absolute atomic E-state index is 0.155. The molecule has 1 heterocycles. The molecule has 4 heteroatoms. The number of rotatable bonds is 4. The van der Waals surface area contributed by atoms with E-state index in [9.17, 15) is 4.79 Å². The second kappa shape index (κ2) is 5.12. The minimum atomic E-state index is -0.155. The van der Waals surface area contributed by atoms with Crippen molar-refractivity contribution in [3.05, 3.63) is 54.7 Å². The van der Waals surface area contributed by atoms with Gasteiger partial charge in [0.05, 0.1) is 17.5 Å². The first-order valence-corrected chi connectivity index (χ1v) is 5.31. The number of amides is 1. The maximum atomic E-state index is 11.8. The Morgan fingerprint density at radius 2 is 2.18 bits per heavy atom. The molecule has 0 aliphatic carbocycles. The number of H-pyrrole nitrogens is 1. The minimum Gasteiger partial charge on any atom is -0.348 e. The third-order valence-corrected chi connectivity index (χ3v) is 2.35. The molecule has 0 aliphatic heterocycles. The van der Waals surface area contributed by atoms with Gasteiger partial charge in [-0.1, -0.05) is 36.4 Å². The molecular formula is C13H13N3O. The molecule has 1 aromatic heterocycles. The van der Waals surface area contributed by atoms with Crippen molar-refractivity contribution in [2.45, 2.75) is 0 Å². The lowest BCUT2D eigenvalue weighted by Crippen LogP contribution is -2.23. The largest absolute Gasteiger partial charge is 0.348 e. The number of hydrogen-bond donors (Lipinski definition) is 2. The number of benzene rings is 1. The van der Waals surface area contributed by atoms with Crippen LogP contribution in [0.2, 0.25) is 0 Å². The van der Waals surface area contributed by atoms with Crippen LogP contribution in [0.25, 0.3) is 11.3 Å². The maximum absolute atomic E-state index is 11.8. The molecule has 17 heavy (non-hydrogen) atoms. The molecule has 0 bridgehead atoms. The number of aromatic nitrogens is 2. The van der Waals surface area contributed by atoms with Crippen LogP contribution >= 0.6 is 0 Å². The van der Waals surface area contributed by atoms with Crippen molar-refractivity contribution < 1.29 is 4.79 Å². The molecule has 0 unspecified atom stereocenters. The van der Waals surface area contributed by atoms with Crippen molar-refractivity contribution in [3.63, 3.8) is 0 Å². The van der Waals surface area contributed by atoms with Gasteiger partial charge < -0.3 is 5.32 Å². The number of nitrogens with one attached hydrogen (secondary N) is 2. The summed E-state index contributed by atoms with van der Waals surface area (Å²) in [5, 5.41) is 9.49. The topological polar surface area (TPSA) is 57.8 Å². The summed E-state index contributed by atoms with van der Waals surface area (Å²) < 4.78 is 0. The van der Waals surface area contributed by atoms with E-state index in [-0.39, 0.29) is 5.91 Å². The monoisotopic (exact) mass is 227 g/mol. The van der Waals surface area contributed by atoms with E-state index in [1.807, 2.05) is 30.3 Å². The Morgan fingerprint density at radius 1 is 1.41 bits per heavy atom. The van der Waals surface area contributed by atoms with Gasteiger partial charge in [-0.2, -0.15) is 5.10 Å². The van der Waals surface area contributed by atoms with E-state index in [2.05, 4.69) is 22.1 Å². The summed E-state index contributed by atoms with van der Waals surface area (Å²) >= 11 is 0. The second-order valence-electron chi connectivity index (χ2n) is 3.52. The summed E-state index contributed by atoms with van der Waals surface area (Å²) in [6, 6.07) is 9.62. The number of aromatic amines is 1. The van der Waals surface area contributed by atoms with E-state index in [0.29, 0.717) is 12.1 Å². The van der Waals surface area contributed by atoms with Crippen LogP contribution in [0.3, 0.4) is 0 Å². The number of hydrogen-bond acceptors (Lipinski definition) is 2. The molecule has 2 aromatic rings. The van der Waals surface area contributed by atoms with Gasteiger partial charge in [0.15, 0.2) is 0 Å². The third-order valence-electron chi connectivity index (χ3n) is 2.35. The zero-order valence-electron chi connectivity index (χ0n) is 9.31. The highest BCUT2D eigenvalue weighted by Gasteiger charge is 2.13. The van der Waals surface area contributed by atoms with Crippen molar-refractivity contribution >= 4 is 5.91 Å². The molecule has 0 saturated heterocycles. The Balaban J connectivity index is 2.29. The van der Waals surface area contributed by atoms with Crippen LogP contribution in [0.4, 0.5) is 0 Å². The van der Waals surface area contributed by atoms with Crippen LogP contribution in [0.5, 0.6) is 0 Å². The molecule has 0 spiro atoms. The number of carbonyl (C=O) groups is 1. The molecule has 0 saturated carbocycles. The van der Waals surface area contributed by atoms with E-state index in [1.165, 1.54) is 6.20 Å². The Kier molecular flexibility index (Phi) is 3.35. The summed E-state index contributed by atoms with van der Waals surface area (Å²) in [6.07, 6.45) is 3.17. The first-order valence-electron chi connectivity index (χ1n) is 5.31. The van der Waals surface area contributed by atoms with Crippen molar-refractivity contribution in [2.75, 3.05) is 6.54 Å². The van der Waals surface area contributed by atoms with Crippen LogP contribution in [-0.4, -0.2) is 22.6 Å². The first kappa shape index (κ1) is 11.1. The van der Waals surface area contributed by atoms with Gasteiger partial charge in [-0.05, 0) is 0 Å². The van der Waals surface area contributed by atoms with Crippen molar-refractivity contribution in [1.82, 2.24) is 15.5 Å². The zero-order chi connectivity index (χ0) is 12.1. The summed E-state index contributed by atoms with van der Waals surface area (Å²) in [6.45, 7) is 4.00. The van der Waals surface area contributed by atoms with E-state index < -0.39 is 0 Å². The number of nitrogens with zero attached hydrogens (tertiary/aromatic N) is 1. The summed E-state index contributed by atoms with van der Waals surface area (Å²) in [5.74, 6) is -0.155. The summed E-state index contributed by atoms with van der Waals surface area (Å²) in [4.78, 5) is 11.8. The van der Waals surface area contributed by atoms with E-state index in [1.54, 1.807) is 6.08 Å². The highest BCUT2D eigenvalue weighted by molar-refractivity contribution is 5.99. The third kappa shape index (κ3) is 2.42. The fourth-order valence-electron chi connectivity index (χ4n) is 1.54. The van der Waals surface area contributed by atoms with Gasteiger partial charge in [-0.25, -0.2) is 0 Å². The second-order valence-corrected chi connectivity index (χ2v) is 3.52. The lowest BCUT2D eigenvalue weighted by molar-refractivity contribution is 0.0958. The van der Waals surface area contributed by atoms with Crippen LogP contribution in [0.1, 0.15) is 10.4 Å². The lowest BCUT2D eigenvalue weighted by Gasteiger charge is -2.03. The SMILES string of the molecule is C=CCNC(=O)c1cn[nH]c1-c1ccccc1. The van der Waals surface area contributed by atoms with Crippen molar-refractivity contribution in [2.24, 2.45) is 0 Å². The quantitative estimate of drug-likeness (QED) is 0.785. The fourth-order valence-corrected chi connectivity index (χ4v) is 1.54. The normalized spacial score (nSPS) is 9.88. The lowest BCUT2D eigenvalue weighted by atomic mass is 10.1. The van der Waals surface area contributed by atoms with Crippen LogP contribution < -0.4 is 5.32 Å². The molecule has 4 nitrogen and oxygen atoms in total. The van der Waals surface area contributed by atoms with Crippen molar-refractivity contribution in [3.8, 4) is 11.3 Å². The summed E-state index contributed by atoms with van der Waals surface area (Å²) in [7, 11) is 0. The predicted molar refractivity (Wildman–Crippen MR) is 66.6 cm³/mol. The Hall–Kier alpha value is -2.36. The Morgan fingerprint density at radius 3 is 2.88 bits per heavy atom. The highest BCUT2D eigenvalue weighted by atomic mass is 16.1. The molecule has 0 radical (unpaired) electrons. The van der Waals surface area contributed by atoms with E-state index in [0.717, 1.165) is 11.3 Å². The van der Waals surface area contributed by atoms with E-state index >= 15 is 0 Å². The smallest absolute Gasteiger partial charge is 0.255 e. The Bertz CT molecular complexity index is 516. The van der Waals surface area contributed by atoms with Crippen LogP contribution in [0.15, 0.2) is 49.2 Å². The number of carbonyl (C=O) groups excluding carboxylic acids is 1. The predicted octanol–water partition coefficient (Wildman–Crippen LogP) is 1.99.